The Morgan fingerprint density at radius 1 is 1.18 bits per heavy atom. The van der Waals surface area contributed by atoms with Gasteiger partial charge in [-0.05, 0) is 42.7 Å². The van der Waals surface area contributed by atoms with Crippen LogP contribution >= 0.6 is 11.3 Å². The summed E-state index contributed by atoms with van der Waals surface area (Å²) in [7, 11) is 1.65. The number of ether oxygens (including phenoxy) is 2. The lowest BCUT2D eigenvalue weighted by atomic mass is 10.2. The fourth-order valence-electron chi connectivity index (χ4n) is 3.36. The molecule has 5 nitrogen and oxygen atoms in total. The SMILES string of the molecule is COc1ccc(-c2csc(N3CCC[C@@H]3C(=O)OCc3ccccc3)n2)cc1. The van der Waals surface area contributed by atoms with Crippen LogP contribution in [0, 0.1) is 0 Å². The molecule has 1 saturated heterocycles. The van der Waals surface area contributed by atoms with E-state index in [-0.39, 0.29) is 12.0 Å². The van der Waals surface area contributed by atoms with E-state index in [2.05, 4.69) is 4.90 Å². The second-order valence-corrected chi connectivity index (χ2v) is 7.53. The Labute approximate surface area is 168 Å². The first-order chi connectivity index (χ1) is 13.7. The Morgan fingerprint density at radius 3 is 2.71 bits per heavy atom. The molecule has 6 heteroatoms. The van der Waals surface area contributed by atoms with Gasteiger partial charge in [0.25, 0.3) is 0 Å². The number of carbonyl (C=O) groups is 1. The number of hydrogen-bond acceptors (Lipinski definition) is 6. The van der Waals surface area contributed by atoms with Crippen molar-refractivity contribution in [1.82, 2.24) is 4.98 Å². The Bertz CT molecular complexity index is 924. The average molecular weight is 394 g/mol. The molecule has 0 N–H and O–H groups in total. The van der Waals surface area contributed by atoms with Crippen molar-refractivity contribution in [2.24, 2.45) is 0 Å². The number of methoxy groups -OCH3 is 1. The second-order valence-electron chi connectivity index (χ2n) is 6.69. The number of carbonyl (C=O) groups excluding carboxylic acids is 1. The summed E-state index contributed by atoms with van der Waals surface area (Å²) in [6.07, 6.45) is 1.76. The molecule has 4 rings (SSSR count). The molecule has 28 heavy (non-hydrogen) atoms. The molecule has 2 heterocycles. The molecule has 1 fully saturated rings. The van der Waals surface area contributed by atoms with Gasteiger partial charge in [-0.2, -0.15) is 0 Å². The minimum absolute atomic E-state index is 0.178. The molecule has 0 unspecified atom stereocenters. The summed E-state index contributed by atoms with van der Waals surface area (Å²) in [4.78, 5) is 19.5. The summed E-state index contributed by atoms with van der Waals surface area (Å²) in [6, 6.07) is 17.3. The summed E-state index contributed by atoms with van der Waals surface area (Å²) in [6.45, 7) is 1.12. The maximum absolute atomic E-state index is 12.6. The maximum Gasteiger partial charge on any atom is 0.329 e. The van der Waals surface area contributed by atoms with Gasteiger partial charge in [0.2, 0.25) is 0 Å². The zero-order chi connectivity index (χ0) is 19.3. The Hall–Kier alpha value is -2.86. The highest BCUT2D eigenvalue weighted by molar-refractivity contribution is 7.14. The van der Waals surface area contributed by atoms with Crippen LogP contribution in [0.5, 0.6) is 5.75 Å². The Kier molecular flexibility index (Phi) is 5.58. The Morgan fingerprint density at radius 2 is 1.96 bits per heavy atom. The van der Waals surface area contributed by atoms with Gasteiger partial charge in [0.05, 0.1) is 12.8 Å². The van der Waals surface area contributed by atoms with E-state index in [1.807, 2.05) is 60.0 Å². The minimum atomic E-state index is -0.265. The van der Waals surface area contributed by atoms with Crippen molar-refractivity contribution in [3.63, 3.8) is 0 Å². The number of nitrogens with zero attached hydrogens (tertiary/aromatic N) is 2. The molecule has 1 aliphatic heterocycles. The van der Waals surface area contributed by atoms with E-state index >= 15 is 0 Å². The standard InChI is InChI=1S/C22H22N2O3S/c1-26-18-11-9-17(10-12-18)19-15-28-22(23-19)24-13-5-8-20(24)21(25)27-14-16-6-3-2-4-7-16/h2-4,6-7,9-12,15,20H,5,8,13-14H2,1H3/t20-/m1/s1. The monoisotopic (exact) mass is 394 g/mol. The number of thiazole rings is 1. The molecule has 0 radical (unpaired) electrons. The zero-order valence-electron chi connectivity index (χ0n) is 15.7. The maximum atomic E-state index is 12.6. The highest BCUT2D eigenvalue weighted by Crippen LogP contribution is 2.33. The smallest absolute Gasteiger partial charge is 0.329 e. The predicted molar refractivity (Wildman–Crippen MR) is 111 cm³/mol. The molecule has 0 spiro atoms. The molecular formula is C22H22N2O3S. The van der Waals surface area contributed by atoms with Crippen molar-refractivity contribution in [1.29, 1.82) is 0 Å². The lowest BCUT2D eigenvalue weighted by Crippen LogP contribution is -2.37. The first-order valence-electron chi connectivity index (χ1n) is 9.32. The molecule has 1 aliphatic rings. The third kappa shape index (κ3) is 4.02. The van der Waals surface area contributed by atoms with Gasteiger partial charge < -0.3 is 14.4 Å². The van der Waals surface area contributed by atoms with Crippen LogP contribution in [0.4, 0.5) is 5.13 Å². The van der Waals surface area contributed by atoms with Crippen molar-refractivity contribution < 1.29 is 14.3 Å². The highest BCUT2D eigenvalue weighted by Gasteiger charge is 2.33. The average Bonchev–Trinajstić information content (AvgIpc) is 3.42. The molecule has 144 valence electrons. The number of rotatable bonds is 6. The van der Waals surface area contributed by atoms with Crippen LogP contribution in [-0.2, 0) is 16.1 Å². The molecule has 0 amide bonds. The summed E-state index contributed by atoms with van der Waals surface area (Å²) >= 11 is 1.56. The predicted octanol–water partition coefficient (Wildman–Crippen LogP) is 4.53. The van der Waals surface area contributed by atoms with Gasteiger partial charge in [-0.3, -0.25) is 0 Å². The molecular weight excluding hydrogens is 372 g/mol. The van der Waals surface area contributed by atoms with Crippen molar-refractivity contribution in [3.05, 3.63) is 65.5 Å². The van der Waals surface area contributed by atoms with Crippen LogP contribution in [0.15, 0.2) is 60.0 Å². The van der Waals surface area contributed by atoms with Gasteiger partial charge in [-0.25, -0.2) is 9.78 Å². The summed E-state index contributed by atoms with van der Waals surface area (Å²) in [5.41, 5.74) is 2.94. The first kappa shape index (κ1) is 18.5. The van der Waals surface area contributed by atoms with Gasteiger partial charge in [0.15, 0.2) is 5.13 Å². The number of esters is 1. The number of benzene rings is 2. The number of aromatic nitrogens is 1. The van der Waals surface area contributed by atoms with Gasteiger partial charge in [0.1, 0.15) is 18.4 Å². The topological polar surface area (TPSA) is 51.7 Å². The summed E-state index contributed by atoms with van der Waals surface area (Å²) in [5.74, 6) is 0.641. The first-order valence-corrected chi connectivity index (χ1v) is 10.2. The van der Waals surface area contributed by atoms with E-state index in [4.69, 9.17) is 14.5 Å². The van der Waals surface area contributed by atoms with E-state index in [1.54, 1.807) is 18.4 Å². The van der Waals surface area contributed by atoms with Gasteiger partial charge in [-0.15, -0.1) is 11.3 Å². The van der Waals surface area contributed by atoms with E-state index in [1.165, 1.54) is 0 Å². The fraction of sp³-hybridized carbons (Fsp3) is 0.273. The molecule has 3 aromatic rings. The normalized spacial score (nSPS) is 16.2. The summed E-state index contributed by atoms with van der Waals surface area (Å²) < 4.78 is 10.8. The van der Waals surface area contributed by atoms with E-state index in [0.717, 1.165) is 47.1 Å². The third-order valence-corrected chi connectivity index (χ3v) is 5.75. The largest absolute Gasteiger partial charge is 0.497 e. The lowest BCUT2D eigenvalue weighted by Gasteiger charge is -2.22. The van der Waals surface area contributed by atoms with Gasteiger partial charge >= 0.3 is 5.97 Å². The van der Waals surface area contributed by atoms with Crippen LogP contribution in [0.2, 0.25) is 0 Å². The van der Waals surface area contributed by atoms with Crippen LogP contribution in [0.1, 0.15) is 18.4 Å². The highest BCUT2D eigenvalue weighted by atomic mass is 32.1. The van der Waals surface area contributed by atoms with Crippen LogP contribution in [0.3, 0.4) is 0 Å². The van der Waals surface area contributed by atoms with Crippen molar-refractivity contribution >= 4 is 22.4 Å². The molecule has 2 aromatic carbocycles. The molecule has 0 aliphatic carbocycles. The van der Waals surface area contributed by atoms with Crippen molar-refractivity contribution in [2.75, 3.05) is 18.6 Å². The second kappa shape index (κ2) is 8.44. The van der Waals surface area contributed by atoms with E-state index in [0.29, 0.717) is 6.61 Å². The molecule has 1 atom stereocenters. The molecule has 0 bridgehead atoms. The molecule has 1 aromatic heterocycles. The van der Waals surface area contributed by atoms with Gasteiger partial charge in [0, 0.05) is 17.5 Å². The quantitative estimate of drug-likeness (QED) is 0.575. The van der Waals surface area contributed by atoms with Crippen LogP contribution in [-0.4, -0.2) is 30.6 Å². The number of hydrogen-bond donors (Lipinski definition) is 0. The fourth-order valence-corrected chi connectivity index (χ4v) is 4.27. The van der Waals surface area contributed by atoms with Crippen LogP contribution < -0.4 is 9.64 Å². The molecule has 0 saturated carbocycles. The van der Waals surface area contributed by atoms with Crippen LogP contribution in [0.25, 0.3) is 11.3 Å². The third-order valence-electron chi connectivity index (χ3n) is 4.87. The van der Waals surface area contributed by atoms with Crippen molar-refractivity contribution in [2.45, 2.75) is 25.5 Å². The van der Waals surface area contributed by atoms with Gasteiger partial charge in [-0.1, -0.05) is 30.3 Å². The zero-order valence-corrected chi connectivity index (χ0v) is 16.5. The van der Waals surface area contributed by atoms with Crippen molar-refractivity contribution in [3.8, 4) is 17.0 Å². The van der Waals surface area contributed by atoms with E-state index in [9.17, 15) is 4.79 Å². The minimum Gasteiger partial charge on any atom is -0.497 e. The van der Waals surface area contributed by atoms with E-state index < -0.39 is 0 Å². The number of anilines is 1. The Balaban J connectivity index is 1.44. The summed E-state index contributed by atoms with van der Waals surface area (Å²) in [5, 5.41) is 2.90. The lowest BCUT2D eigenvalue weighted by molar-refractivity contribution is -0.146.